The van der Waals surface area contributed by atoms with Gasteiger partial charge in [0.2, 0.25) is 35.8 Å². The Morgan fingerprint density at radius 1 is 0.685 bits per heavy atom. The van der Waals surface area contributed by atoms with Crippen LogP contribution in [0.3, 0.4) is 0 Å². The monoisotopic (exact) mass is 1330 g/mol. The third-order valence-electron chi connectivity index (χ3n) is 16.2. The zero-order chi connectivity index (χ0) is 67.6. The van der Waals surface area contributed by atoms with Gasteiger partial charge in [-0.05, 0) is 29.3 Å². The van der Waals surface area contributed by atoms with Gasteiger partial charge in [-0.1, -0.05) is 48.9 Å². The fraction of sp³-hybridized carbons (Fsp3) is 0.630. The topological polar surface area (TPSA) is 610 Å². The number of ether oxygens (including phenoxy) is 5. The van der Waals surface area contributed by atoms with E-state index in [-0.39, 0.29) is 35.1 Å². The van der Waals surface area contributed by atoms with Gasteiger partial charge >= 0.3 is 0 Å². The van der Waals surface area contributed by atoms with Crippen molar-refractivity contribution in [3.63, 3.8) is 0 Å². The summed E-state index contributed by atoms with van der Waals surface area (Å²) in [5.41, 5.74) is 18.3. The van der Waals surface area contributed by atoms with Crippen LogP contribution in [0.25, 0.3) is 0 Å². The van der Waals surface area contributed by atoms with E-state index < -0.39 is 234 Å². The lowest BCUT2D eigenvalue weighted by atomic mass is 9.91. The largest absolute Gasteiger partial charge is 0.462 e. The Bertz CT molecular complexity index is 2910. The van der Waals surface area contributed by atoms with Crippen LogP contribution in [-0.4, -0.2) is 317 Å². The van der Waals surface area contributed by atoms with Crippen molar-refractivity contribution in [2.24, 2.45) is 27.2 Å². The van der Waals surface area contributed by atoms with Gasteiger partial charge in [0.25, 0.3) is 0 Å². The predicted octanol–water partition coefficient (Wildman–Crippen LogP) is -12.9. The van der Waals surface area contributed by atoms with Crippen LogP contribution in [0.1, 0.15) is 24.0 Å². The van der Waals surface area contributed by atoms with Crippen LogP contribution in [0, 0.1) is 0 Å². The number of amides is 5. The molecule has 0 radical (unpaired) electrons. The Labute approximate surface area is 528 Å². The number of hydrogen-bond acceptors (Lipinski definition) is 32. The molecule has 3 saturated heterocycles. The van der Waals surface area contributed by atoms with Crippen LogP contribution in [0.15, 0.2) is 58.5 Å². The Balaban J connectivity index is 1.19. The predicted molar refractivity (Wildman–Crippen MR) is 310 cm³/mol. The van der Waals surface area contributed by atoms with Crippen molar-refractivity contribution >= 4 is 59.3 Å². The van der Waals surface area contributed by atoms with Crippen LogP contribution in [0.2, 0.25) is 5.02 Å². The van der Waals surface area contributed by atoms with Crippen molar-refractivity contribution < 1.29 is 124 Å². The maximum atomic E-state index is 15.1. The maximum Gasteiger partial charge on any atom is 0.246 e. The highest BCUT2D eigenvalue weighted by Crippen LogP contribution is 2.33. The highest BCUT2D eigenvalue weighted by Gasteiger charge is 2.54. The summed E-state index contributed by atoms with van der Waals surface area (Å²) >= 11 is 6.54. The van der Waals surface area contributed by atoms with Gasteiger partial charge in [0.05, 0.1) is 58.1 Å². The van der Waals surface area contributed by atoms with E-state index in [4.69, 9.17) is 52.5 Å². The number of aliphatic hydroxyl groups is 14. The molecule has 5 amide bonds. The summed E-state index contributed by atoms with van der Waals surface area (Å²) in [6.45, 7) is -3.58. The number of halogens is 1. The zero-order valence-corrected chi connectivity index (χ0v) is 49.7. The van der Waals surface area contributed by atoms with Gasteiger partial charge in [-0.25, -0.2) is 0 Å². The second-order valence-corrected chi connectivity index (χ2v) is 22.8. The summed E-state index contributed by atoms with van der Waals surface area (Å²) in [5, 5.41) is 164. The number of rotatable bonds is 28. The standard InChI is InChI=1S/C54H79ClN12O25/c1-19(23-4-2-3-5-24(23)55)32(64-31(73)11-56)47(85)62-25(10-20-6-8-22(9-7-20)88-51-44(83)41(80)45(30(18-72)91-51)92-52-43(82)40(79)38(77)29(17-71)90-52)46(84)65-33(35(74)26-12-59-53(57)63-26)49(87)66-34(48(86)61-21(14-68)15-69)36(75)27-13-60-54(58)67(27)50-42(81)39(78)37(76)28(16-70)89-50/h2-9,14,19,21,25-30,32-45,50-52,69-72,74-83H,10-13,15-18,56H2,1H3,(H2,58,60)(H,61,86)(H,62,85)(H,64,73)(H,65,84)(H,66,87)(H3,57,59,63). The first kappa shape index (κ1) is 72.8. The van der Waals surface area contributed by atoms with E-state index in [1.807, 2.05) is 0 Å². The van der Waals surface area contributed by atoms with Gasteiger partial charge in [-0.3, -0.25) is 34.0 Å². The smallest absolute Gasteiger partial charge is 0.246 e. The molecule has 0 aliphatic carbocycles. The molecule has 0 saturated carbocycles. The molecular weight excluding hydrogens is 1250 g/mol. The lowest BCUT2D eigenvalue weighted by Crippen LogP contribution is -2.70. The minimum absolute atomic E-state index is 0.0917. The highest BCUT2D eigenvalue weighted by molar-refractivity contribution is 6.31. The van der Waals surface area contributed by atoms with Crippen LogP contribution >= 0.6 is 11.6 Å². The number of nitrogens with two attached hydrogens (primary N) is 3. The summed E-state index contributed by atoms with van der Waals surface area (Å²) in [7, 11) is 0. The van der Waals surface area contributed by atoms with Crippen LogP contribution in [-0.2, 0) is 54.1 Å². The molecule has 3 fully saturated rings. The quantitative estimate of drug-likeness (QED) is 0.0352. The fourth-order valence-electron chi connectivity index (χ4n) is 10.9. The van der Waals surface area contributed by atoms with Gasteiger partial charge in [-0.15, -0.1) is 0 Å². The molecule has 25 atom stereocenters. The first-order chi connectivity index (χ1) is 43.7. The maximum absolute atomic E-state index is 15.1. The lowest BCUT2D eigenvalue weighted by Gasteiger charge is -2.46. The number of guanidine groups is 2. The van der Waals surface area contributed by atoms with Crippen LogP contribution in [0.5, 0.6) is 5.75 Å². The summed E-state index contributed by atoms with van der Waals surface area (Å²) < 4.78 is 28.2. The molecule has 0 spiro atoms. The Hall–Kier alpha value is -6.67. The molecule has 0 aromatic heterocycles. The van der Waals surface area contributed by atoms with E-state index in [1.54, 1.807) is 18.2 Å². The average Bonchev–Trinajstić information content (AvgIpc) is 1.42. The number of hydrogen-bond donors (Lipinski definition) is 23. The van der Waals surface area contributed by atoms with E-state index in [0.29, 0.717) is 5.56 Å². The van der Waals surface area contributed by atoms with Gasteiger partial charge in [0.15, 0.2) is 24.4 Å². The summed E-state index contributed by atoms with van der Waals surface area (Å²) in [6, 6.07) is -0.985. The van der Waals surface area contributed by atoms with Gasteiger partial charge in [0, 0.05) is 17.4 Å². The van der Waals surface area contributed by atoms with E-state index in [9.17, 15) is 95.5 Å². The minimum Gasteiger partial charge on any atom is -0.462 e. The third kappa shape index (κ3) is 16.6. The van der Waals surface area contributed by atoms with E-state index in [0.717, 1.165) is 4.90 Å². The van der Waals surface area contributed by atoms with Crippen molar-refractivity contribution in [2.45, 2.75) is 166 Å². The molecular formula is C54H79ClN12O25. The highest BCUT2D eigenvalue weighted by atomic mass is 35.5. The van der Waals surface area contributed by atoms with E-state index >= 15 is 4.79 Å². The van der Waals surface area contributed by atoms with Crippen molar-refractivity contribution in [2.75, 3.05) is 46.1 Å². The lowest BCUT2D eigenvalue weighted by molar-refractivity contribution is -0.352. The van der Waals surface area contributed by atoms with Gasteiger partial charge < -0.3 is 154 Å². The normalized spacial score (nSPS) is 32.4. The molecule has 5 heterocycles. The van der Waals surface area contributed by atoms with Crippen molar-refractivity contribution in [1.29, 1.82) is 0 Å². The molecule has 5 aliphatic rings. The number of aliphatic imine (C=N–C) groups is 2. The molecule has 512 valence electrons. The molecule has 2 aromatic rings. The molecule has 5 aliphatic heterocycles. The molecule has 0 bridgehead atoms. The first-order valence-corrected chi connectivity index (χ1v) is 29.3. The summed E-state index contributed by atoms with van der Waals surface area (Å²) in [4.78, 5) is 92.9. The summed E-state index contributed by atoms with van der Waals surface area (Å²) in [6.07, 6.45) is -31.7. The van der Waals surface area contributed by atoms with E-state index in [2.05, 4.69) is 41.9 Å². The minimum atomic E-state index is -2.31. The molecule has 37 nitrogen and oxygen atoms in total. The van der Waals surface area contributed by atoms with E-state index in [1.165, 1.54) is 37.3 Å². The van der Waals surface area contributed by atoms with Crippen molar-refractivity contribution in [1.82, 2.24) is 36.8 Å². The number of nitrogens with one attached hydrogen (secondary N) is 6. The summed E-state index contributed by atoms with van der Waals surface area (Å²) in [5.74, 6) is -7.75. The number of carbonyl (C=O) groups is 6. The molecule has 25 unspecified atom stereocenters. The van der Waals surface area contributed by atoms with Crippen LogP contribution < -0.4 is 53.8 Å². The average molecular weight is 1330 g/mol. The molecule has 38 heteroatoms. The van der Waals surface area contributed by atoms with Crippen molar-refractivity contribution in [3.05, 3.63) is 64.7 Å². The molecule has 92 heavy (non-hydrogen) atoms. The van der Waals surface area contributed by atoms with Gasteiger partial charge in [0.1, 0.15) is 128 Å². The Morgan fingerprint density at radius 3 is 1.86 bits per heavy atom. The zero-order valence-electron chi connectivity index (χ0n) is 49.0. The SMILES string of the molecule is CC(c1ccccc1Cl)C(NC(=O)CN)C(=O)NC(Cc1ccc(OC2OC(CO)C(OC3OC(CO)C(O)C(O)C3O)C(O)C2O)cc1)C(=O)NC(C(=O)NC(C(=O)NC(C=O)CO)C(O)C1CN=C(N)N1C1OC(CO)C(O)C(O)C1O)C(O)C1CN=C(N)N1. The van der Waals surface area contributed by atoms with Crippen molar-refractivity contribution in [3.8, 4) is 5.75 Å². The van der Waals surface area contributed by atoms with Gasteiger partial charge in [-0.2, -0.15) is 0 Å². The number of benzene rings is 2. The second-order valence-electron chi connectivity index (χ2n) is 22.3. The second kappa shape index (κ2) is 32.5. The Morgan fingerprint density at radius 2 is 1.26 bits per heavy atom. The first-order valence-electron chi connectivity index (χ1n) is 28.9. The fourth-order valence-corrected chi connectivity index (χ4v) is 11.2. The molecule has 2 aromatic carbocycles. The molecule has 26 N–H and O–H groups in total. The number of nitrogens with zero attached hydrogens (tertiary/aromatic N) is 3. The number of aldehydes is 1. The number of carbonyl (C=O) groups excluding carboxylic acids is 6. The molecule has 7 rings (SSSR count). The van der Waals surface area contributed by atoms with Crippen LogP contribution in [0.4, 0.5) is 0 Å². The number of aliphatic hydroxyl groups excluding tert-OH is 14. The third-order valence-corrected chi connectivity index (χ3v) is 16.6. The Kier molecular flexibility index (Phi) is 25.7.